The molecule has 0 aliphatic carbocycles. The summed E-state index contributed by atoms with van der Waals surface area (Å²) in [5.74, 6) is -3.49. The number of aromatic nitrogens is 1. The second-order valence-electron chi connectivity index (χ2n) is 4.85. The van der Waals surface area contributed by atoms with Gasteiger partial charge >= 0.3 is 0 Å². The third kappa shape index (κ3) is 2.48. The van der Waals surface area contributed by atoms with Gasteiger partial charge in [-0.2, -0.15) is 4.39 Å². The summed E-state index contributed by atoms with van der Waals surface area (Å²) < 4.78 is 26.7. The van der Waals surface area contributed by atoms with Crippen molar-refractivity contribution >= 4 is 11.8 Å². The van der Waals surface area contributed by atoms with E-state index in [9.17, 15) is 18.4 Å². The lowest BCUT2D eigenvalue weighted by Crippen LogP contribution is -2.45. The number of pyridine rings is 1. The molecule has 1 saturated heterocycles. The molecule has 1 atom stereocenters. The Morgan fingerprint density at radius 2 is 2.10 bits per heavy atom. The van der Waals surface area contributed by atoms with Gasteiger partial charge in [0.1, 0.15) is 6.04 Å². The van der Waals surface area contributed by atoms with E-state index in [4.69, 9.17) is 0 Å². The smallest absolute Gasteiger partial charge is 0.257 e. The van der Waals surface area contributed by atoms with Gasteiger partial charge in [0.2, 0.25) is 11.9 Å². The van der Waals surface area contributed by atoms with Gasteiger partial charge < -0.3 is 9.80 Å². The van der Waals surface area contributed by atoms with Gasteiger partial charge in [-0.05, 0) is 18.9 Å². The van der Waals surface area contributed by atoms with Crippen molar-refractivity contribution in [3.05, 3.63) is 29.6 Å². The molecule has 1 aromatic heterocycles. The van der Waals surface area contributed by atoms with Gasteiger partial charge in [-0.1, -0.05) is 0 Å². The molecule has 0 saturated carbocycles. The highest BCUT2D eigenvalue weighted by molar-refractivity contribution is 5.98. The Balaban J connectivity index is 2.28. The molecule has 1 unspecified atom stereocenters. The molecule has 0 radical (unpaired) electrons. The number of amides is 2. The molecule has 0 aromatic carbocycles. The van der Waals surface area contributed by atoms with Crippen LogP contribution in [0, 0.1) is 11.8 Å². The molecule has 7 heteroatoms. The molecule has 0 spiro atoms. The van der Waals surface area contributed by atoms with Crippen molar-refractivity contribution in [2.45, 2.75) is 18.9 Å². The predicted octanol–water partition coefficient (Wildman–Crippen LogP) is 1.05. The van der Waals surface area contributed by atoms with Crippen molar-refractivity contribution in [3.8, 4) is 0 Å². The van der Waals surface area contributed by atoms with Crippen LogP contribution in [0.5, 0.6) is 0 Å². The number of likely N-dealkylation sites (N-methyl/N-ethyl adjacent to an activating group) is 1. The summed E-state index contributed by atoms with van der Waals surface area (Å²) in [6.07, 6.45) is 2.22. The van der Waals surface area contributed by atoms with E-state index in [1.165, 1.54) is 9.80 Å². The third-order valence-electron chi connectivity index (χ3n) is 3.32. The lowest BCUT2D eigenvalue weighted by molar-refractivity contribution is -0.132. The Bertz CT molecular complexity index is 548. The summed E-state index contributed by atoms with van der Waals surface area (Å²) in [4.78, 5) is 30.1. The van der Waals surface area contributed by atoms with E-state index < -0.39 is 29.3 Å². The molecular formula is C13H15F2N3O2. The van der Waals surface area contributed by atoms with Crippen LogP contribution in [0.2, 0.25) is 0 Å². The number of nitrogens with zero attached hydrogens (tertiary/aromatic N) is 3. The average molecular weight is 283 g/mol. The van der Waals surface area contributed by atoms with E-state index in [0.717, 1.165) is 12.3 Å². The minimum atomic E-state index is -1.31. The Labute approximate surface area is 115 Å². The van der Waals surface area contributed by atoms with E-state index in [2.05, 4.69) is 4.98 Å². The first-order valence-corrected chi connectivity index (χ1v) is 6.25. The highest BCUT2D eigenvalue weighted by Crippen LogP contribution is 2.22. The molecule has 1 aliphatic heterocycles. The standard InChI is InChI=1S/C13H15F2N3O2/c1-17(2)13(20)9-4-3-7-18(9)12(19)8-5-6-16-11(15)10(8)14/h5-6,9H,3-4,7H2,1-2H3. The number of halogens is 2. The Morgan fingerprint density at radius 3 is 2.75 bits per heavy atom. The maximum absolute atomic E-state index is 13.6. The van der Waals surface area contributed by atoms with Gasteiger partial charge in [0.15, 0.2) is 5.82 Å². The summed E-state index contributed by atoms with van der Waals surface area (Å²) in [5, 5.41) is 0. The van der Waals surface area contributed by atoms with Crippen molar-refractivity contribution < 1.29 is 18.4 Å². The van der Waals surface area contributed by atoms with Crippen LogP contribution in [0.4, 0.5) is 8.78 Å². The quantitative estimate of drug-likeness (QED) is 0.762. The van der Waals surface area contributed by atoms with Crippen molar-refractivity contribution in [1.82, 2.24) is 14.8 Å². The van der Waals surface area contributed by atoms with Crippen LogP contribution in [0.1, 0.15) is 23.2 Å². The van der Waals surface area contributed by atoms with Gasteiger partial charge in [-0.15, -0.1) is 0 Å². The highest BCUT2D eigenvalue weighted by atomic mass is 19.2. The lowest BCUT2D eigenvalue weighted by Gasteiger charge is -2.26. The summed E-state index contributed by atoms with van der Waals surface area (Å²) in [5.41, 5.74) is -0.393. The first kappa shape index (κ1) is 14.4. The molecule has 2 amide bonds. The molecular weight excluding hydrogens is 268 g/mol. The molecule has 1 aromatic rings. The second kappa shape index (κ2) is 5.52. The molecule has 2 heterocycles. The summed E-state index contributed by atoms with van der Waals surface area (Å²) in [6.45, 7) is 0.354. The Kier molecular flexibility index (Phi) is 3.96. The number of hydrogen-bond acceptors (Lipinski definition) is 3. The molecule has 1 aliphatic rings. The zero-order valence-corrected chi connectivity index (χ0v) is 11.3. The van der Waals surface area contributed by atoms with Crippen LogP contribution in [0.3, 0.4) is 0 Å². The van der Waals surface area contributed by atoms with Crippen LogP contribution in [0.15, 0.2) is 12.3 Å². The van der Waals surface area contributed by atoms with Gasteiger partial charge in [0.05, 0.1) is 5.56 Å². The van der Waals surface area contributed by atoms with E-state index in [1.54, 1.807) is 14.1 Å². The van der Waals surface area contributed by atoms with Crippen LogP contribution in [-0.2, 0) is 4.79 Å². The highest BCUT2D eigenvalue weighted by Gasteiger charge is 2.36. The Hall–Kier alpha value is -2.05. The van der Waals surface area contributed by atoms with Gasteiger partial charge in [-0.3, -0.25) is 9.59 Å². The maximum atomic E-state index is 13.6. The van der Waals surface area contributed by atoms with E-state index >= 15 is 0 Å². The van der Waals surface area contributed by atoms with Crippen LogP contribution < -0.4 is 0 Å². The van der Waals surface area contributed by atoms with Crippen molar-refractivity contribution in [2.75, 3.05) is 20.6 Å². The number of carbonyl (C=O) groups is 2. The fourth-order valence-corrected chi connectivity index (χ4v) is 2.30. The van der Waals surface area contributed by atoms with Crippen LogP contribution in [0.25, 0.3) is 0 Å². The average Bonchev–Trinajstić information content (AvgIpc) is 2.89. The molecule has 108 valence electrons. The maximum Gasteiger partial charge on any atom is 0.257 e. The fourth-order valence-electron chi connectivity index (χ4n) is 2.30. The SMILES string of the molecule is CN(C)C(=O)C1CCCN1C(=O)c1ccnc(F)c1F. The molecule has 20 heavy (non-hydrogen) atoms. The van der Waals surface area contributed by atoms with Crippen LogP contribution >= 0.6 is 0 Å². The predicted molar refractivity (Wildman–Crippen MR) is 66.9 cm³/mol. The van der Waals surface area contributed by atoms with Crippen LogP contribution in [-0.4, -0.2) is 53.3 Å². The second-order valence-corrected chi connectivity index (χ2v) is 4.85. The number of likely N-dealkylation sites (tertiary alicyclic amines) is 1. The normalized spacial score (nSPS) is 18.2. The largest absolute Gasteiger partial charge is 0.347 e. The van der Waals surface area contributed by atoms with E-state index in [-0.39, 0.29) is 5.91 Å². The summed E-state index contributed by atoms with van der Waals surface area (Å²) in [6, 6.07) is 0.504. The van der Waals surface area contributed by atoms with Crippen molar-refractivity contribution in [1.29, 1.82) is 0 Å². The molecule has 2 rings (SSSR count). The van der Waals surface area contributed by atoms with E-state index in [0.29, 0.717) is 19.4 Å². The molecule has 0 N–H and O–H groups in total. The van der Waals surface area contributed by atoms with Gasteiger partial charge in [0.25, 0.3) is 5.91 Å². The Morgan fingerprint density at radius 1 is 1.40 bits per heavy atom. The van der Waals surface area contributed by atoms with Crippen molar-refractivity contribution in [3.63, 3.8) is 0 Å². The first-order chi connectivity index (χ1) is 9.43. The monoisotopic (exact) mass is 283 g/mol. The summed E-state index contributed by atoms with van der Waals surface area (Å²) >= 11 is 0. The van der Waals surface area contributed by atoms with Gasteiger partial charge in [0, 0.05) is 26.8 Å². The lowest BCUT2D eigenvalue weighted by atomic mass is 10.1. The minimum absolute atomic E-state index is 0.217. The van der Waals surface area contributed by atoms with Crippen molar-refractivity contribution in [2.24, 2.45) is 0 Å². The number of hydrogen-bond donors (Lipinski definition) is 0. The van der Waals surface area contributed by atoms with E-state index in [1.807, 2.05) is 0 Å². The first-order valence-electron chi connectivity index (χ1n) is 6.25. The molecule has 5 nitrogen and oxygen atoms in total. The number of carbonyl (C=O) groups excluding carboxylic acids is 2. The topological polar surface area (TPSA) is 53.5 Å². The fraction of sp³-hybridized carbons (Fsp3) is 0.462. The molecule has 1 fully saturated rings. The zero-order valence-electron chi connectivity index (χ0n) is 11.3. The number of rotatable bonds is 2. The zero-order chi connectivity index (χ0) is 14.9. The minimum Gasteiger partial charge on any atom is -0.347 e. The molecule has 0 bridgehead atoms. The summed E-state index contributed by atoms with van der Waals surface area (Å²) in [7, 11) is 3.19. The third-order valence-corrected chi connectivity index (χ3v) is 3.32. The van der Waals surface area contributed by atoms with Gasteiger partial charge in [-0.25, -0.2) is 9.37 Å².